The van der Waals surface area contributed by atoms with E-state index >= 15 is 0 Å². The first kappa shape index (κ1) is 36.1. The topological polar surface area (TPSA) is 125 Å². The van der Waals surface area contributed by atoms with Crippen LogP contribution in [0.5, 0.6) is 0 Å². The highest BCUT2D eigenvalue weighted by Gasteiger charge is 2.33. The molecule has 2 aliphatic rings. The fraction of sp³-hybridized carbons (Fsp3) is 0.225. The second-order valence-electron chi connectivity index (χ2n) is 13.1. The molecule has 1 atom stereocenters. The summed E-state index contributed by atoms with van der Waals surface area (Å²) in [5.41, 5.74) is 5.00. The number of hydrogen-bond acceptors (Lipinski definition) is 9. The number of hydrogen-bond donors (Lipinski definition) is 2. The number of fused-ring (bicyclic) bond motifs is 3. The standard InChI is InChI=1S/C40H38FN5O5S2/c41-32-9-6-8-28(24-32)36-12-5-4-7-31(36)26-44-20-21-45-33(27-44)15-13-29-23-30(14-18-38(29)45)40(47)43-53(50,51)35-16-17-37(39(25-35)46(48)49)42-19-22-52-34-10-2-1-3-11-34/h1-12,14,16-18,23-25,33,42H,13,15,19-22,26-27H2,(H,43,47)/t33-/m0/s1. The van der Waals surface area contributed by atoms with Crippen molar-refractivity contribution < 1.29 is 22.5 Å². The van der Waals surface area contributed by atoms with Gasteiger partial charge >= 0.3 is 0 Å². The number of rotatable bonds is 12. The first-order valence-electron chi connectivity index (χ1n) is 17.4. The SMILES string of the molecule is O=C(NS(=O)(=O)c1ccc(NCCSc2ccccc2)c([N+](=O)[O-])c1)c1ccc2c(c1)CC[C@H]1CN(Cc3ccccc3-c3cccc(F)c3)CCN21. The third-order valence-corrected chi connectivity index (χ3v) is 12.0. The minimum absolute atomic E-state index is 0.191. The smallest absolute Gasteiger partial charge is 0.293 e. The van der Waals surface area contributed by atoms with E-state index in [0.29, 0.717) is 12.3 Å². The van der Waals surface area contributed by atoms with Gasteiger partial charge in [-0.1, -0.05) is 54.6 Å². The molecule has 1 fully saturated rings. The van der Waals surface area contributed by atoms with E-state index in [1.165, 1.54) is 18.2 Å². The van der Waals surface area contributed by atoms with Crippen LogP contribution in [0, 0.1) is 15.9 Å². The monoisotopic (exact) mass is 751 g/mol. The molecule has 2 N–H and O–H groups in total. The molecule has 0 radical (unpaired) electrons. The molecule has 5 aromatic carbocycles. The molecule has 0 unspecified atom stereocenters. The van der Waals surface area contributed by atoms with Crippen LogP contribution >= 0.6 is 11.8 Å². The molecule has 7 rings (SSSR count). The Morgan fingerprint density at radius 2 is 1.74 bits per heavy atom. The van der Waals surface area contributed by atoms with Crippen LogP contribution in [0.1, 0.15) is 27.9 Å². The van der Waals surface area contributed by atoms with E-state index in [9.17, 15) is 27.7 Å². The molecule has 0 saturated carbocycles. The minimum atomic E-state index is -4.41. The number of nitro benzene ring substituents is 1. The van der Waals surface area contributed by atoms with Gasteiger partial charge in [0.25, 0.3) is 21.6 Å². The summed E-state index contributed by atoms with van der Waals surface area (Å²) in [6.07, 6.45) is 1.59. The highest BCUT2D eigenvalue weighted by atomic mass is 32.2. The van der Waals surface area contributed by atoms with Crippen molar-refractivity contribution in [2.45, 2.75) is 35.2 Å². The number of nitrogens with zero attached hydrogens (tertiary/aromatic N) is 3. The van der Waals surface area contributed by atoms with Gasteiger partial charge in [-0.25, -0.2) is 17.5 Å². The van der Waals surface area contributed by atoms with E-state index in [-0.39, 0.29) is 28.0 Å². The highest BCUT2D eigenvalue weighted by Crippen LogP contribution is 2.35. The number of anilines is 2. The van der Waals surface area contributed by atoms with Crippen molar-refractivity contribution >= 4 is 44.8 Å². The predicted molar refractivity (Wildman–Crippen MR) is 206 cm³/mol. The molecule has 0 spiro atoms. The Kier molecular flexibility index (Phi) is 10.8. The van der Waals surface area contributed by atoms with Gasteiger partial charge in [-0.2, -0.15) is 0 Å². The van der Waals surface area contributed by atoms with Crippen molar-refractivity contribution in [1.29, 1.82) is 0 Å². The van der Waals surface area contributed by atoms with Gasteiger partial charge < -0.3 is 10.2 Å². The molecule has 0 aromatic heterocycles. The Hall–Kier alpha value is -5.24. The van der Waals surface area contributed by atoms with Crippen LogP contribution in [-0.4, -0.2) is 62.1 Å². The van der Waals surface area contributed by atoms with Crippen molar-refractivity contribution in [2.24, 2.45) is 0 Å². The molecule has 272 valence electrons. The zero-order valence-electron chi connectivity index (χ0n) is 28.8. The second kappa shape index (κ2) is 15.8. The van der Waals surface area contributed by atoms with Crippen LogP contribution in [0.2, 0.25) is 0 Å². The first-order valence-corrected chi connectivity index (χ1v) is 19.8. The molecule has 1 saturated heterocycles. The highest BCUT2D eigenvalue weighted by molar-refractivity contribution is 7.99. The summed E-state index contributed by atoms with van der Waals surface area (Å²) < 4.78 is 42.6. The summed E-state index contributed by atoms with van der Waals surface area (Å²) in [5, 5.41) is 14.9. The normalized spacial score (nSPS) is 15.6. The number of nitrogens with one attached hydrogen (secondary N) is 2. The molecule has 5 aromatic rings. The Morgan fingerprint density at radius 1 is 0.925 bits per heavy atom. The molecule has 53 heavy (non-hydrogen) atoms. The first-order chi connectivity index (χ1) is 25.6. The number of carbonyl (C=O) groups excluding carboxylic acids is 1. The Bertz CT molecular complexity index is 2260. The van der Waals surface area contributed by atoms with Crippen LogP contribution < -0.4 is 14.9 Å². The number of amides is 1. The van der Waals surface area contributed by atoms with Crippen molar-refractivity contribution in [3.8, 4) is 11.1 Å². The molecule has 2 aliphatic heterocycles. The third kappa shape index (κ3) is 8.38. The maximum atomic E-state index is 14.0. The molecule has 0 bridgehead atoms. The quantitative estimate of drug-likeness (QED) is 0.0583. The van der Waals surface area contributed by atoms with E-state index in [2.05, 4.69) is 25.9 Å². The van der Waals surface area contributed by atoms with E-state index < -0.39 is 26.5 Å². The molecule has 2 heterocycles. The lowest BCUT2D eigenvalue weighted by Gasteiger charge is -2.46. The van der Waals surface area contributed by atoms with Gasteiger partial charge in [0.15, 0.2) is 0 Å². The van der Waals surface area contributed by atoms with Gasteiger partial charge in [-0.3, -0.25) is 19.8 Å². The lowest BCUT2D eigenvalue weighted by molar-refractivity contribution is -0.384. The molecule has 10 nitrogen and oxygen atoms in total. The van der Waals surface area contributed by atoms with Gasteiger partial charge in [0.2, 0.25) is 0 Å². The molecule has 0 aliphatic carbocycles. The Labute approximate surface area is 312 Å². The van der Waals surface area contributed by atoms with Gasteiger partial charge in [-0.05, 0) is 89.7 Å². The van der Waals surface area contributed by atoms with Crippen molar-refractivity contribution in [3.05, 3.63) is 148 Å². The molecule has 1 amide bonds. The number of piperazine rings is 1. The Balaban J connectivity index is 0.980. The fourth-order valence-electron chi connectivity index (χ4n) is 7.08. The van der Waals surface area contributed by atoms with Crippen molar-refractivity contribution in [1.82, 2.24) is 9.62 Å². The van der Waals surface area contributed by atoms with Crippen LogP contribution in [0.25, 0.3) is 11.1 Å². The lowest BCUT2D eigenvalue weighted by Crippen LogP contribution is -2.54. The minimum Gasteiger partial charge on any atom is -0.379 e. The number of nitro groups is 1. The molecule has 13 heteroatoms. The Morgan fingerprint density at radius 3 is 2.55 bits per heavy atom. The van der Waals surface area contributed by atoms with Crippen LogP contribution in [0.15, 0.2) is 125 Å². The zero-order chi connectivity index (χ0) is 37.0. The average molecular weight is 752 g/mol. The van der Waals surface area contributed by atoms with E-state index in [0.717, 1.165) is 77.9 Å². The van der Waals surface area contributed by atoms with E-state index in [1.807, 2.05) is 60.7 Å². The number of sulfonamides is 1. The van der Waals surface area contributed by atoms with Crippen LogP contribution in [-0.2, 0) is 23.0 Å². The summed E-state index contributed by atoms with van der Waals surface area (Å²) in [7, 11) is -4.41. The predicted octanol–water partition coefficient (Wildman–Crippen LogP) is 7.36. The van der Waals surface area contributed by atoms with Crippen LogP contribution in [0.4, 0.5) is 21.5 Å². The largest absolute Gasteiger partial charge is 0.379 e. The van der Waals surface area contributed by atoms with E-state index in [4.69, 9.17) is 0 Å². The zero-order valence-corrected chi connectivity index (χ0v) is 30.4. The molecular weight excluding hydrogens is 714 g/mol. The number of benzene rings is 5. The fourth-order valence-corrected chi connectivity index (χ4v) is 8.87. The van der Waals surface area contributed by atoms with E-state index in [1.54, 1.807) is 36.0 Å². The number of aryl methyl sites for hydroxylation is 1. The number of halogens is 1. The van der Waals surface area contributed by atoms with Crippen molar-refractivity contribution in [3.63, 3.8) is 0 Å². The summed E-state index contributed by atoms with van der Waals surface area (Å²) >= 11 is 1.59. The molecular formula is C40H38FN5O5S2. The van der Waals surface area contributed by atoms with Gasteiger partial charge in [-0.15, -0.1) is 11.8 Å². The maximum Gasteiger partial charge on any atom is 0.293 e. The third-order valence-electron chi connectivity index (χ3n) is 9.64. The maximum absolute atomic E-state index is 14.0. The van der Waals surface area contributed by atoms with Gasteiger partial charge in [0.1, 0.15) is 11.5 Å². The summed E-state index contributed by atoms with van der Waals surface area (Å²) in [5.74, 6) is -0.425. The average Bonchev–Trinajstić information content (AvgIpc) is 3.16. The van der Waals surface area contributed by atoms with Crippen LogP contribution in [0.3, 0.4) is 0 Å². The summed E-state index contributed by atoms with van der Waals surface area (Å²) in [4.78, 5) is 30.0. The van der Waals surface area contributed by atoms with Crippen molar-refractivity contribution in [2.75, 3.05) is 42.1 Å². The summed E-state index contributed by atoms with van der Waals surface area (Å²) in [6.45, 7) is 3.62. The summed E-state index contributed by atoms with van der Waals surface area (Å²) in [6, 6.07) is 33.6. The lowest BCUT2D eigenvalue weighted by atomic mass is 9.92. The number of carbonyl (C=O) groups is 1. The second-order valence-corrected chi connectivity index (χ2v) is 15.9. The number of thioether (sulfide) groups is 1. The van der Waals surface area contributed by atoms with Gasteiger partial charge in [0.05, 0.1) is 9.82 Å². The van der Waals surface area contributed by atoms with Gasteiger partial charge in [0, 0.05) is 66.7 Å².